The zero-order chi connectivity index (χ0) is 18.5. The van der Waals surface area contributed by atoms with Gasteiger partial charge in [-0.25, -0.2) is 0 Å². The van der Waals surface area contributed by atoms with Crippen molar-refractivity contribution in [2.24, 2.45) is 17.8 Å². The van der Waals surface area contributed by atoms with Crippen LogP contribution in [-0.2, 0) is 14.4 Å². The molecule has 0 radical (unpaired) electrons. The number of nitrogens with one attached hydrogen (secondary N) is 1. The van der Waals surface area contributed by atoms with Gasteiger partial charge in [-0.05, 0) is 50.7 Å². The molecule has 5 rings (SSSR count). The molecule has 1 N–H and O–H groups in total. The van der Waals surface area contributed by atoms with Crippen molar-refractivity contribution in [2.45, 2.75) is 50.7 Å². The highest BCUT2D eigenvalue weighted by Crippen LogP contribution is 2.47. The van der Waals surface area contributed by atoms with Crippen molar-refractivity contribution < 1.29 is 14.4 Å². The second-order valence-corrected chi connectivity index (χ2v) is 9.04. The zero-order valence-corrected chi connectivity index (χ0v) is 16.6. The van der Waals surface area contributed by atoms with Crippen molar-refractivity contribution in [3.8, 4) is 0 Å². The molecule has 1 heterocycles. The Kier molecular flexibility index (Phi) is 4.71. The Labute approximate surface area is 169 Å². The summed E-state index contributed by atoms with van der Waals surface area (Å²) in [7, 11) is 0. The average molecular weight is 408 g/mol. The Bertz CT molecular complexity index is 768. The van der Waals surface area contributed by atoms with Crippen molar-refractivity contribution >= 4 is 29.0 Å². The fourth-order valence-corrected chi connectivity index (χ4v) is 5.45. The maximum Gasteiger partial charge on any atom is 0.139 e. The van der Waals surface area contributed by atoms with Crippen LogP contribution in [0.15, 0.2) is 29.5 Å². The molecule has 0 amide bonds. The molecule has 4 atom stereocenters. The molecule has 4 nitrogen and oxygen atoms in total. The van der Waals surface area contributed by atoms with E-state index in [9.17, 15) is 4.79 Å². The smallest absolute Gasteiger partial charge is 0.139 e. The first kappa shape index (κ1) is 18.0. The van der Waals surface area contributed by atoms with E-state index in [1.807, 2.05) is 18.2 Å². The summed E-state index contributed by atoms with van der Waals surface area (Å²) in [5, 5.41) is 1.25. The van der Waals surface area contributed by atoms with Gasteiger partial charge >= 0.3 is 0 Å². The third-order valence-electron chi connectivity index (χ3n) is 6.43. The molecule has 3 aliphatic carbocycles. The van der Waals surface area contributed by atoms with Gasteiger partial charge in [0.1, 0.15) is 11.5 Å². The number of carbonyl (C=O) groups excluding carboxylic acids is 1. The van der Waals surface area contributed by atoms with E-state index < -0.39 is 0 Å². The van der Waals surface area contributed by atoms with E-state index in [0.29, 0.717) is 28.4 Å². The number of benzene rings is 1. The Hall–Kier alpha value is -1.07. The number of hydrogen-bond acceptors (Lipinski definition) is 4. The van der Waals surface area contributed by atoms with Crippen LogP contribution in [0, 0.1) is 17.8 Å². The van der Waals surface area contributed by atoms with Crippen LogP contribution in [0.3, 0.4) is 0 Å². The molecule has 4 aliphatic rings. The van der Waals surface area contributed by atoms with Gasteiger partial charge in [-0.2, -0.15) is 0 Å². The first-order chi connectivity index (χ1) is 13.1. The van der Waals surface area contributed by atoms with Gasteiger partial charge in [-0.1, -0.05) is 29.3 Å². The van der Waals surface area contributed by atoms with E-state index in [1.54, 1.807) is 0 Å². The normalized spacial score (nSPS) is 32.9. The second-order valence-electron chi connectivity index (χ2n) is 8.23. The molecule has 0 saturated heterocycles. The third-order valence-corrected chi connectivity index (χ3v) is 7.09. The van der Waals surface area contributed by atoms with Crippen LogP contribution in [0.25, 0.3) is 0 Å². The predicted octanol–water partition coefficient (Wildman–Crippen LogP) is 5.01. The standard InChI is InChI=1S/C21H23Cl2NO3/c22-16-2-1-3-17(23)18(16)19-15(21(27-24-19)11-4-5-11)10-26-14-8-12-6-7-13(9-14)20(12)25/h1-3,11-14,19,24H,4-10H2/t12-,13+,14-,19?. The molecular weight excluding hydrogens is 385 g/mol. The summed E-state index contributed by atoms with van der Waals surface area (Å²) in [6.45, 7) is 0.489. The van der Waals surface area contributed by atoms with Crippen LogP contribution < -0.4 is 5.48 Å². The van der Waals surface area contributed by atoms with Crippen LogP contribution in [0.5, 0.6) is 0 Å². The number of ether oxygens (including phenoxy) is 1. The molecule has 1 aromatic carbocycles. The molecule has 1 aromatic rings. The number of ketones is 1. The third kappa shape index (κ3) is 3.31. The lowest BCUT2D eigenvalue weighted by atomic mass is 9.86. The van der Waals surface area contributed by atoms with Crippen molar-refractivity contribution in [3.63, 3.8) is 0 Å². The Morgan fingerprint density at radius 1 is 1.04 bits per heavy atom. The lowest BCUT2D eigenvalue weighted by molar-refractivity contribution is -0.129. The average Bonchev–Trinajstić information content (AvgIpc) is 3.38. The summed E-state index contributed by atoms with van der Waals surface area (Å²) >= 11 is 12.9. The van der Waals surface area contributed by atoms with Gasteiger partial charge in [0.15, 0.2) is 0 Å². The lowest BCUT2D eigenvalue weighted by Gasteiger charge is -2.27. The summed E-state index contributed by atoms with van der Waals surface area (Å²) < 4.78 is 6.32. The Morgan fingerprint density at radius 3 is 2.30 bits per heavy atom. The zero-order valence-electron chi connectivity index (χ0n) is 15.0. The minimum absolute atomic E-state index is 0.149. The van der Waals surface area contributed by atoms with Gasteiger partial charge in [0.2, 0.25) is 0 Å². The summed E-state index contributed by atoms with van der Waals surface area (Å²) in [4.78, 5) is 18.0. The Morgan fingerprint density at radius 2 is 1.67 bits per heavy atom. The molecular formula is C21H23Cl2NO3. The van der Waals surface area contributed by atoms with E-state index in [-0.39, 0.29) is 24.0 Å². The van der Waals surface area contributed by atoms with E-state index in [1.165, 1.54) is 0 Å². The van der Waals surface area contributed by atoms with E-state index in [2.05, 4.69) is 5.48 Å². The van der Waals surface area contributed by atoms with E-state index >= 15 is 0 Å². The van der Waals surface area contributed by atoms with Gasteiger partial charge in [0, 0.05) is 38.9 Å². The van der Waals surface area contributed by atoms with E-state index in [4.69, 9.17) is 32.8 Å². The van der Waals surface area contributed by atoms with Crippen LogP contribution in [0.1, 0.15) is 50.1 Å². The van der Waals surface area contributed by atoms with Crippen molar-refractivity contribution in [2.75, 3.05) is 6.61 Å². The molecule has 6 heteroatoms. The maximum absolute atomic E-state index is 12.1. The van der Waals surface area contributed by atoms with Crippen molar-refractivity contribution in [3.05, 3.63) is 45.1 Å². The summed E-state index contributed by atoms with van der Waals surface area (Å²) in [5.74, 6) is 2.33. The second kappa shape index (κ2) is 7.07. The number of allylic oxidation sites excluding steroid dienone is 1. The fourth-order valence-electron chi connectivity index (χ4n) is 4.83. The Balaban J connectivity index is 1.36. The fraction of sp³-hybridized carbons (Fsp3) is 0.571. The number of Topliss-reactive ketones (excluding diaryl/α,β-unsaturated/α-hetero) is 1. The number of hydrogen-bond donors (Lipinski definition) is 1. The molecule has 3 fully saturated rings. The van der Waals surface area contributed by atoms with Gasteiger partial charge in [-0.15, -0.1) is 5.48 Å². The molecule has 1 unspecified atom stereocenters. The predicted molar refractivity (Wildman–Crippen MR) is 103 cm³/mol. The van der Waals surface area contributed by atoms with Gasteiger partial charge < -0.3 is 9.57 Å². The molecule has 1 aliphatic heterocycles. The number of hydroxylamine groups is 1. The van der Waals surface area contributed by atoms with Crippen LogP contribution in [0.2, 0.25) is 10.0 Å². The topological polar surface area (TPSA) is 47.6 Å². The summed E-state index contributed by atoms with van der Waals surface area (Å²) in [6, 6.07) is 5.36. The van der Waals surface area contributed by atoms with Gasteiger partial charge in [0.25, 0.3) is 0 Å². The first-order valence-corrected chi connectivity index (χ1v) is 10.6. The van der Waals surface area contributed by atoms with Crippen LogP contribution >= 0.6 is 23.2 Å². The van der Waals surface area contributed by atoms with Crippen molar-refractivity contribution in [1.29, 1.82) is 0 Å². The molecule has 27 heavy (non-hydrogen) atoms. The highest BCUT2D eigenvalue weighted by atomic mass is 35.5. The molecule has 0 aromatic heterocycles. The van der Waals surface area contributed by atoms with Crippen LogP contribution in [-0.4, -0.2) is 18.5 Å². The summed E-state index contributed by atoms with van der Waals surface area (Å²) in [6.07, 6.45) is 6.21. The van der Waals surface area contributed by atoms with E-state index in [0.717, 1.165) is 55.4 Å². The monoisotopic (exact) mass is 407 g/mol. The van der Waals surface area contributed by atoms with Gasteiger partial charge in [-0.3, -0.25) is 4.79 Å². The number of fused-ring (bicyclic) bond motifs is 2. The molecule has 0 spiro atoms. The first-order valence-electron chi connectivity index (χ1n) is 9.86. The number of carbonyl (C=O) groups is 1. The molecule has 144 valence electrons. The van der Waals surface area contributed by atoms with Gasteiger partial charge in [0.05, 0.1) is 18.8 Å². The largest absolute Gasteiger partial charge is 0.412 e. The molecule has 2 bridgehead atoms. The number of rotatable bonds is 5. The highest BCUT2D eigenvalue weighted by Gasteiger charge is 2.43. The number of halogens is 2. The SMILES string of the molecule is O=C1[C@@H]2CC[C@H]1C[C@H](OCC1=C(C3CC3)ONC1c1c(Cl)cccc1Cl)C2. The maximum atomic E-state index is 12.1. The minimum Gasteiger partial charge on any atom is -0.412 e. The van der Waals surface area contributed by atoms with Crippen LogP contribution in [0.4, 0.5) is 0 Å². The minimum atomic E-state index is -0.191. The quantitative estimate of drug-likeness (QED) is 0.744. The highest BCUT2D eigenvalue weighted by molar-refractivity contribution is 6.36. The van der Waals surface area contributed by atoms with Crippen molar-refractivity contribution in [1.82, 2.24) is 5.48 Å². The lowest BCUT2D eigenvalue weighted by Crippen LogP contribution is -2.31. The molecule has 3 saturated carbocycles. The summed E-state index contributed by atoms with van der Waals surface area (Å²) in [5.41, 5.74) is 5.06.